The van der Waals surface area contributed by atoms with Crippen LogP contribution < -0.4 is 0 Å². The van der Waals surface area contributed by atoms with Crippen molar-refractivity contribution >= 4 is 31.5 Å². The van der Waals surface area contributed by atoms with Crippen LogP contribution in [0.5, 0.6) is 0 Å². The molecule has 7 aromatic rings. The summed E-state index contributed by atoms with van der Waals surface area (Å²) >= 11 is 1.85. The molecule has 0 amide bonds. The quantitative estimate of drug-likeness (QED) is 0.221. The third-order valence-electron chi connectivity index (χ3n) is 8.14. The van der Waals surface area contributed by atoms with Crippen molar-refractivity contribution in [1.82, 2.24) is 15.0 Å². The Kier molecular flexibility index (Phi) is 5.93. The van der Waals surface area contributed by atoms with E-state index in [9.17, 15) is 0 Å². The SMILES string of the molecule is c1ccc(-c2nc(-c3ccccc3)nc(-c3ccc4c(c3)sc3cc(-c5cccc6c5CCCC6)ccc34)n2)cc1. The van der Waals surface area contributed by atoms with E-state index >= 15 is 0 Å². The summed E-state index contributed by atoms with van der Waals surface area (Å²) in [6, 6.07) is 40.7. The number of aromatic nitrogens is 3. The molecule has 3 nitrogen and oxygen atoms in total. The van der Waals surface area contributed by atoms with Crippen molar-refractivity contribution in [3.8, 4) is 45.3 Å². The van der Waals surface area contributed by atoms with Crippen LogP contribution in [0.1, 0.15) is 24.0 Å². The molecule has 2 aromatic heterocycles. The third-order valence-corrected chi connectivity index (χ3v) is 9.25. The van der Waals surface area contributed by atoms with Gasteiger partial charge in [-0.25, -0.2) is 15.0 Å². The van der Waals surface area contributed by atoms with Gasteiger partial charge in [0.05, 0.1) is 0 Å². The molecule has 0 atom stereocenters. The van der Waals surface area contributed by atoms with Crippen LogP contribution in [0.2, 0.25) is 0 Å². The molecule has 0 unspecified atom stereocenters. The summed E-state index contributed by atoms with van der Waals surface area (Å²) < 4.78 is 2.56. The lowest BCUT2D eigenvalue weighted by atomic mass is 9.86. The lowest BCUT2D eigenvalue weighted by Crippen LogP contribution is -2.04. The van der Waals surface area contributed by atoms with Crippen molar-refractivity contribution in [2.24, 2.45) is 0 Å². The molecule has 2 heterocycles. The van der Waals surface area contributed by atoms with Crippen LogP contribution in [0.15, 0.2) is 115 Å². The van der Waals surface area contributed by atoms with Crippen molar-refractivity contribution in [3.05, 3.63) is 126 Å². The number of fused-ring (bicyclic) bond motifs is 4. The number of nitrogens with zero attached hydrogens (tertiary/aromatic N) is 3. The van der Waals surface area contributed by atoms with Gasteiger partial charge in [-0.2, -0.15) is 0 Å². The maximum atomic E-state index is 4.94. The van der Waals surface area contributed by atoms with E-state index in [1.807, 2.05) is 72.0 Å². The van der Waals surface area contributed by atoms with Gasteiger partial charge in [-0.3, -0.25) is 0 Å². The number of hydrogen-bond donors (Lipinski definition) is 0. The van der Waals surface area contributed by atoms with Crippen LogP contribution in [-0.2, 0) is 12.8 Å². The first kappa shape index (κ1) is 24.2. The van der Waals surface area contributed by atoms with E-state index in [1.165, 1.54) is 62.5 Å². The minimum atomic E-state index is 0.682. The van der Waals surface area contributed by atoms with Gasteiger partial charge in [0.15, 0.2) is 17.5 Å². The zero-order chi connectivity index (χ0) is 27.2. The van der Waals surface area contributed by atoms with Gasteiger partial charge in [0.2, 0.25) is 0 Å². The van der Waals surface area contributed by atoms with Crippen molar-refractivity contribution in [2.75, 3.05) is 0 Å². The van der Waals surface area contributed by atoms with E-state index in [1.54, 1.807) is 5.56 Å². The number of hydrogen-bond acceptors (Lipinski definition) is 4. The molecule has 1 aliphatic carbocycles. The summed E-state index contributed by atoms with van der Waals surface area (Å²) in [6.07, 6.45) is 4.97. The first-order chi connectivity index (χ1) is 20.3. The molecule has 0 fully saturated rings. The van der Waals surface area contributed by atoms with Crippen LogP contribution in [0.25, 0.3) is 65.5 Å². The first-order valence-corrected chi connectivity index (χ1v) is 15.1. The molecule has 0 saturated carbocycles. The molecule has 0 bridgehead atoms. The van der Waals surface area contributed by atoms with E-state index in [-0.39, 0.29) is 0 Å². The van der Waals surface area contributed by atoms with Crippen molar-refractivity contribution < 1.29 is 0 Å². The molecule has 0 aliphatic heterocycles. The van der Waals surface area contributed by atoms with Gasteiger partial charge in [-0.1, -0.05) is 103 Å². The average Bonchev–Trinajstić information content (AvgIpc) is 3.42. The summed E-state index contributed by atoms with van der Waals surface area (Å²) in [5.74, 6) is 2.05. The third kappa shape index (κ3) is 4.41. The van der Waals surface area contributed by atoms with Crippen LogP contribution in [-0.4, -0.2) is 15.0 Å². The van der Waals surface area contributed by atoms with Crippen LogP contribution >= 0.6 is 11.3 Å². The van der Waals surface area contributed by atoms with Gasteiger partial charge in [0, 0.05) is 36.9 Å². The maximum absolute atomic E-state index is 4.94. The molecule has 0 spiro atoms. The second-order valence-electron chi connectivity index (χ2n) is 10.7. The smallest absolute Gasteiger partial charge is 0.164 e. The van der Waals surface area contributed by atoms with Crippen LogP contribution in [0, 0.1) is 0 Å². The van der Waals surface area contributed by atoms with E-state index in [0.717, 1.165) is 16.7 Å². The zero-order valence-electron chi connectivity index (χ0n) is 22.5. The molecular weight excluding hydrogens is 518 g/mol. The Labute approximate surface area is 243 Å². The molecular formula is C37H27N3S. The minimum absolute atomic E-state index is 0.682. The second-order valence-corrected chi connectivity index (χ2v) is 11.8. The van der Waals surface area contributed by atoms with Gasteiger partial charge < -0.3 is 0 Å². The minimum Gasteiger partial charge on any atom is -0.208 e. The largest absolute Gasteiger partial charge is 0.208 e. The van der Waals surface area contributed by atoms with Crippen molar-refractivity contribution in [2.45, 2.75) is 25.7 Å². The van der Waals surface area contributed by atoms with Crippen molar-refractivity contribution in [3.63, 3.8) is 0 Å². The predicted octanol–water partition coefficient (Wildman–Crippen LogP) is 9.79. The van der Waals surface area contributed by atoms with E-state index in [0.29, 0.717) is 17.5 Å². The highest BCUT2D eigenvalue weighted by Gasteiger charge is 2.16. The normalized spacial score (nSPS) is 13.0. The molecule has 8 rings (SSSR count). The number of rotatable bonds is 4. The number of benzene rings is 5. The highest BCUT2D eigenvalue weighted by Crippen LogP contribution is 2.40. The number of aryl methyl sites for hydroxylation is 1. The lowest BCUT2D eigenvalue weighted by Gasteiger charge is -2.19. The highest BCUT2D eigenvalue weighted by molar-refractivity contribution is 7.25. The summed E-state index contributed by atoms with van der Waals surface area (Å²) in [5.41, 5.74) is 8.74. The van der Waals surface area contributed by atoms with E-state index < -0.39 is 0 Å². The fraction of sp³-hybridized carbons (Fsp3) is 0.108. The first-order valence-electron chi connectivity index (χ1n) is 14.2. The van der Waals surface area contributed by atoms with Gasteiger partial charge in [-0.05, 0) is 60.1 Å². The fourth-order valence-corrected chi connectivity index (χ4v) is 7.26. The Balaban J connectivity index is 1.24. The molecule has 1 aliphatic rings. The summed E-state index contributed by atoms with van der Waals surface area (Å²) in [6.45, 7) is 0. The molecule has 0 N–H and O–H groups in total. The Hall–Kier alpha value is -4.67. The van der Waals surface area contributed by atoms with Gasteiger partial charge in [0.1, 0.15) is 0 Å². The number of thiophene rings is 1. The topological polar surface area (TPSA) is 38.7 Å². The Bertz CT molecular complexity index is 1990. The van der Waals surface area contributed by atoms with Crippen molar-refractivity contribution in [1.29, 1.82) is 0 Å². The molecule has 41 heavy (non-hydrogen) atoms. The molecule has 5 aromatic carbocycles. The molecule has 0 saturated heterocycles. The van der Waals surface area contributed by atoms with E-state index in [2.05, 4.69) is 54.6 Å². The van der Waals surface area contributed by atoms with Crippen LogP contribution in [0.4, 0.5) is 0 Å². The molecule has 4 heteroatoms. The summed E-state index contributed by atoms with van der Waals surface area (Å²) in [4.78, 5) is 14.7. The predicted molar refractivity (Wildman–Crippen MR) is 171 cm³/mol. The molecule has 0 radical (unpaired) electrons. The second kappa shape index (κ2) is 10.1. The van der Waals surface area contributed by atoms with Crippen LogP contribution in [0.3, 0.4) is 0 Å². The average molecular weight is 546 g/mol. The fourth-order valence-electron chi connectivity index (χ4n) is 6.07. The highest BCUT2D eigenvalue weighted by atomic mass is 32.1. The Morgan fingerprint density at radius 3 is 1.68 bits per heavy atom. The monoisotopic (exact) mass is 545 g/mol. The maximum Gasteiger partial charge on any atom is 0.164 e. The Morgan fingerprint density at radius 2 is 1.02 bits per heavy atom. The van der Waals surface area contributed by atoms with Gasteiger partial charge >= 0.3 is 0 Å². The summed E-state index contributed by atoms with van der Waals surface area (Å²) in [7, 11) is 0. The molecule has 196 valence electrons. The van der Waals surface area contributed by atoms with E-state index in [4.69, 9.17) is 15.0 Å². The zero-order valence-corrected chi connectivity index (χ0v) is 23.4. The van der Waals surface area contributed by atoms with Gasteiger partial charge in [-0.15, -0.1) is 11.3 Å². The summed E-state index contributed by atoms with van der Waals surface area (Å²) in [5, 5.41) is 2.58. The standard InChI is InChI=1S/C37H27N3S/c1-3-11-25(12-4-1)35-38-36(26-13-5-2-6-14-26)40-37(39-35)28-19-21-32-31-20-18-27(22-33(31)41-34(32)23-28)30-17-9-15-24-10-7-8-16-29(24)30/h1-6,9,11-15,17-23H,7-8,10,16H2. The van der Waals surface area contributed by atoms with Gasteiger partial charge in [0.25, 0.3) is 0 Å². The lowest BCUT2D eigenvalue weighted by molar-refractivity contribution is 0.687. The Morgan fingerprint density at radius 1 is 0.463 bits per heavy atom.